The average molecular weight is 311 g/mol. The number of rotatable bonds is 3. The van der Waals surface area contributed by atoms with Crippen molar-refractivity contribution >= 4 is 16.7 Å². The number of hydrogen-bond acceptors (Lipinski definition) is 6. The molecule has 2 aromatic heterocycles. The van der Waals surface area contributed by atoms with Gasteiger partial charge in [0.15, 0.2) is 11.5 Å². The minimum absolute atomic E-state index is 0.666. The van der Waals surface area contributed by atoms with Gasteiger partial charge >= 0.3 is 0 Å². The Bertz CT molecular complexity index is 861. The molecule has 0 unspecified atom stereocenters. The molecular weight excluding hydrogens is 294 g/mol. The lowest BCUT2D eigenvalue weighted by Gasteiger charge is -2.28. The molecule has 0 amide bonds. The zero-order valence-electron chi connectivity index (χ0n) is 13.0. The van der Waals surface area contributed by atoms with Crippen molar-refractivity contribution in [1.82, 2.24) is 20.2 Å². The molecule has 0 radical (unpaired) electrons. The van der Waals surface area contributed by atoms with Crippen LogP contribution in [0.5, 0.6) is 11.5 Å². The van der Waals surface area contributed by atoms with E-state index >= 15 is 0 Å². The number of ether oxygens (including phenoxy) is 2. The number of anilines is 1. The fourth-order valence-corrected chi connectivity index (χ4v) is 3.02. The van der Waals surface area contributed by atoms with Gasteiger partial charge in [-0.3, -0.25) is 5.10 Å². The standard InChI is InChI=1S/C16H17N5O2/c1-22-14-5-11-12(6-15(14)23-2)17-9-18-16(11)21-4-3-10-7-19-20-13(10)8-21/h5-7,9H,3-4,8H2,1-2H3,(H,19,20). The number of aromatic nitrogens is 4. The molecule has 3 heterocycles. The van der Waals surface area contributed by atoms with Crippen molar-refractivity contribution in [3.05, 3.63) is 35.9 Å². The third-order valence-corrected chi connectivity index (χ3v) is 4.23. The van der Waals surface area contributed by atoms with Crippen molar-refractivity contribution in [2.45, 2.75) is 13.0 Å². The maximum Gasteiger partial charge on any atom is 0.162 e. The first-order valence-corrected chi connectivity index (χ1v) is 7.43. The number of hydrogen-bond donors (Lipinski definition) is 1. The molecule has 0 saturated heterocycles. The number of benzene rings is 1. The Kier molecular flexibility index (Phi) is 3.25. The first-order valence-electron chi connectivity index (χ1n) is 7.43. The van der Waals surface area contributed by atoms with Crippen LogP contribution in [0.2, 0.25) is 0 Å². The minimum atomic E-state index is 0.666. The molecule has 0 aliphatic carbocycles. The summed E-state index contributed by atoms with van der Waals surface area (Å²) in [4.78, 5) is 11.1. The van der Waals surface area contributed by atoms with E-state index in [1.54, 1.807) is 20.5 Å². The Labute approximate surface area is 133 Å². The molecule has 1 N–H and O–H groups in total. The van der Waals surface area contributed by atoms with Crippen LogP contribution >= 0.6 is 0 Å². The molecule has 0 bridgehead atoms. The molecule has 7 nitrogen and oxygen atoms in total. The van der Waals surface area contributed by atoms with E-state index in [2.05, 4.69) is 25.1 Å². The van der Waals surface area contributed by atoms with Crippen LogP contribution in [0.25, 0.3) is 10.9 Å². The molecular formula is C16H17N5O2. The number of H-pyrrole nitrogens is 1. The third kappa shape index (κ3) is 2.25. The van der Waals surface area contributed by atoms with Crippen molar-refractivity contribution in [3.8, 4) is 11.5 Å². The minimum Gasteiger partial charge on any atom is -0.493 e. The van der Waals surface area contributed by atoms with Crippen molar-refractivity contribution in [3.63, 3.8) is 0 Å². The zero-order valence-corrected chi connectivity index (χ0v) is 13.0. The molecule has 7 heteroatoms. The molecule has 1 aromatic carbocycles. The lowest BCUT2D eigenvalue weighted by atomic mass is 10.1. The maximum atomic E-state index is 5.42. The highest BCUT2D eigenvalue weighted by atomic mass is 16.5. The fourth-order valence-electron chi connectivity index (χ4n) is 3.02. The number of methoxy groups -OCH3 is 2. The van der Waals surface area contributed by atoms with Crippen molar-refractivity contribution in [1.29, 1.82) is 0 Å². The monoisotopic (exact) mass is 311 g/mol. The van der Waals surface area contributed by atoms with Gasteiger partial charge in [0, 0.05) is 18.0 Å². The predicted molar refractivity (Wildman–Crippen MR) is 86.0 cm³/mol. The molecule has 4 rings (SSSR count). The maximum absolute atomic E-state index is 5.42. The smallest absolute Gasteiger partial charge is 0.162 e. The van der Waals surface area contributed by atoms with Crippen molar-refractivity contribution in [2.75, 3.05) is 25.7 Å². The van der Waals surface area contributed by atoms with Gasteiger partial charge in [0.1, 0.15) is 12.1 Å². The third-order valence-electron chi connectivity index (χ3n) is 4.23. The second kappa shape index (κ2) is 5.42. The van der Waals surface area contributed by atoms with Gasteiger partial charge in [-0.1, -0.05) is 0 Å². The topological polar surface area (TPSA) is 76.2 Å². The average Bonchev–Trinajstić information content (AvgIpc) is 3.07. The summed E-state index contributed by atoms with van der Waals surface area (Å²) in [5.41, 5.74) is 3.26. The Morgan fingerprint density at radius 1 is 1.13 bits per heavy atom. The number of fused-ring (bicyclic) bond motifs is 2. The van der Waals surface area contributed by atoms with Crippen LogP contribution in [0.4, 0.5) is 5.82 Å². The summed E-state index contributed by atoms with van der Waals surface area (Å²) in [5, 5.41) is 8.14. The molecule has 1 aliphatic rings. The van der Waals surface area contributed by atoms with Crippen LogP contribution in [0.3, 0.4) is 0 Å². The van der Waals surface area contributed by atoms with Crippen molar-refractivity contribution in [2.24, 2.45) is 0 Å². The largest absolute Gasteiger partial charge is 0.493 e. The molecule has 0 saturated carbocycles. The Morgan fingerprint density at radius 3 is 2.78 bits per heavy atom. The lowest BCUT2D eigenvalue weighted by molar-refractivity contribution is 0.356. The van der Waals surface area contributed by atoms with Gasteiger partial charge in [-0.25, -0.2) is 9.97 Å². The van der Waals surface area contributed by atoms with E-state index in [4.69, 9.17) is 9.47 Å². The van der Waals surface area contributed by atoms with Gasteiger partial charge < -0.3 is 14.4 Å². The van der Waals surface area contributed by atoms with Crippen LogP contribution in [-0.4, -0.2) is 40.9 Å². The summed E-state index contributed by atoms with van der Waals surface area (Å²) < 4.78 is 10.8. The molecule has 3 aromatic rings. The van der Waals surface area contributed by atoms with E-state index in [9.17, 15) is 0 Å². The highest BCUT2D eigenvalue weighted by Gasteiger charge is 2.21. The highest BCUT2D eigenvalue weighted by Crippen LogP contribution is 2.35. The second-order valence-corrected chi connectivity index (χ2v) is 5.47. The van der Waals surface area contributed by atoms with Gasteiger partial charge in [0.2, 0.25) is 0 Å². The molecule has 0 atom stereocenters. The predicted octanol–water partition coefficient (Wildman–Crippen LogP) is 1.93. The Morgan fingerprint density at radius 2 is 1.96 bits per heavy atom. The molecule has 0 fully saturated rings. The first kappa shape index (κ1) is 13.8. The van der Waals surface area contributed by atoms with E-state index in [0.717, 1.165) is 41.9 Å². The summed E-state index contributed by atoms with van der Waals surface area (Å²) in [6, 6.07) is 3.82. The Hall–Kier alpha value is -2.83. The highest BCUT2D eigenvalue weighted by molar-refractivity contribution is 5.92. The van der Waals surface area contributed by atoms with E-state index in [0.29, 0.717) is 11.5 Å². The number of aromatic amines is 1. The summed E-state index contributed by atoms with van der Waals surface area (Å²) in [6.07, 6.45) is 4.44. The molecule has 1 aliphatic heterocycles. The molecule has 0 spiro atoms. The van der Waals surface area contributed by atoms with E-state index in [-0.39, 0.29) is 0 Å². The van der Waals surface area contributed by atoms with Gasteiger partial charge in [0.25, 0.3) is 0 Å². The van der Waals surface area contributed by atoms with Crippen LogP contribution in [-0.2, 0) is 13.0 Å². The second-order valence-electron chi connectivity index (χ2n) is 5.47. The van der Waals surface area contributed by atoms with E-state index in [1.165, 1.54) is 5.56 Å². The fraction of sp³-hybridized carbons (Fsp3) is 0.312. The molecule has 23 heavy (non-hydrogen) atoms. The van der Waals surface area contributed by atoms with Gasteiger partial charge in [0.05, 0.1) is 38.2 Å². The van der Waals surface area contributed by atoms with Crippen molar-refractivity contribution < 1.29 is 9.47 Å². The number of nitrogens with zero attached hydrogens (tertiary/aromatic N) is 4. The van der Waals surface area contributed by atoms with Gasteiger partial charge in [-0.15, -0.1) is 0 Å². The zero-order chi connectivity index (χ0) is 15.8. The van der Waals surface area contributed by atoms with Crippen LogP contribution in [0, 0.1) is 0 Å². The number of nitrogens with one attached hydrogen (secondary N) is 1. The van der Waals surface area contributed by atoms with Crippen LogP contribution in [0.15, 0.2) is 24.7 Å². The van der Waals surface area contributed by atoms with Crippen LogP contribution in [0.1, 0.15) is 11.3 Å². The normalized spacial score (nSPS) is 13.9. The summed E-state index contributed by atoms with van der Waals surface area (Å²) in [6.45, 7) is 1.66. The van der Waals surface area contributed by atoms with Crippen LogP contribution < -0.4 is 14.4 Å². The first-order chi connectivity index (χ1) is 11.3. The van der Waals surface area contributed by atoms with Gasteiger partial charge in [-0.2, -0.15) is 5.10 Å². The Balaban J connectivity index is 1.81. The SMILES string of the molecule is COc1cc2ncnc(N3CCc4cn[nH]c4C3)c2cc1OC. The lowest BCUT2D eigenvalue weighted by Crippen LogP contribution is -2.31. The molecule has 118 valence electrons. The summed E-state index contributed by atoms with van der Waals surface area (Å²) in [7, 11) is 3.25. The summed E-state index contributed by atoms with van der Waals surface area (Å²) in [5.74, 6) is 2.24. The van der Waals surface area contributed by atoms with E-state index < -0.39 is 0 Å². The summed E-state index contributed by atoms with van der Waals surface area (Å²) >= 11 is 0. The van der Waals surface area contributed by atoms with E-state index in [1.807, 2.05) is 18.3 Å². The quantitative estimate of drug-likeness (QED) is 0.796. The van der Waals surface area contributed by atoms with Gasteiger partial charge in [-0.05, 0) is 18.1 Å².